The van der Waals surface area contributed by atoms with Crippen molar-refractivity contribution in [2.24, 2.45) is 0 Å². The minimum absolute atomic E-state index is 0.0768. The zero-order valence-electron chi connectivity index (χ0n) is 19.6. The fourth-order valence-electron chi connectivity index (χ4n) is 4.20. The fraction of sp³-hybridized carbons (Fsp3) is 0.222. The number of nitrogens with zero attached hydrogens (tertiary/aromatic N) is 1. The molecule has 4 N–H and O–H groups in total. The number of anilines is 1. The van der Waals surface area contributed by atoms with Crippen LogP contribution in [0.15, 0.2) is 84.9 Å². The number of benzene rings is 3. The molecule has 1 saturated heterocycles. The number of urea groups is 1. The summed E-state index contributed by atoms with van der Waals surface area (Å²) in [4.78, 5) is 27.3. The summed E-state index contributed by atoms with van der Waals surface area (Å²) in [6.45, 7) is 0.834. The molecular weight excluding hydrogens is 442 g/mol. The molecule has 180 valence electrons. The van der Waals surface area contributed by atoms with Crippen molar-refractivity contribution in [2.75, 3.05) is 25.5 Å². The van der Waals surface area contributed by atoms with Crippen molar-refractivity contribution in [1.29, 1.82) is 5.41 Å². The molecule has 4 rings (SSSR count). The van der Waals surface area contributed by atoms with Crippen molar-refractivity contribution < 1.29 is 14.3 Å². The highest BCUT2D eigenvalue weighted by molar-refractivity contribution is 6.10. The standard InChI is InChI=1S/C27H29N5O3/c1-35-23-16-14-22(15-17-23)30-26(34)29-18-8-9-19-32-24(33)27(31-25(32)28,20-10-4-2-5-11-20)21-12-6-3-7-13-21/h2-7,10-17H,8-9,18-19H2,1H3,(H2,28,31)(H2,29,30,34). The zero-order valence-corrected chi connectivity index (χ0v) is 19.6. The molecule has 0 aromatic heterocycles. The van der Waals surface area contributed by atoms with Crippen LogP contribution in [0.1, 0.15) is 24.0 Å². The second-order valence-electron chi connectivity index (χ2n) is 8.23. The number of amides is 3. The number of carbonyl (C=O) groups is 2. The van der Waals surface area contributed by atoms with E-state index < -0.39 is 5.54 Å². The summed E-state index contributed by atoms with van der Waals surface area (Å²) in [5.41, 5.74) is 1.13. The Balaban J connectivity index is 1.33. The Hall–Kier alpha value is -4.33. The maximum atomic E-state index is 13.7. The van der Waals surface area contributed by atoms with E-state index in [-0.39, 0.29) is 17.9 Å². The average Bonchev–Trinajstić information content (AvgIpc) is 3.15. The molecule has 8 nitrogen and oxygen atoms in total. The van der Waals surface area contributed by atoms with Crippen LogP contribution in [0.25, 0.3) is 0 Å². The van der Waals surface area contributed by atoms with E-state index in [1.807, 2.05) is 60.7 Å². The Labute approximate surface area is 204 Å². The van der Waals surface area contributed by atoms with E-state index in [2.05, 4.69) is 16.0 Å². The third-order valence-electron chi connectivity index (χ3n) is 6.00. The van der Waals surface area contributed by atoms with E-state index >= 15 is 0 Å². The summed E-state index contributed by atoms with van der Waals surface area (Å²) in [5.74, 6) is 0.619. The van der Waals surface area contributed by atoms with Crippen LogP contribution in [0.4, 0.5) is 10.5 Å². The van der Waals surface area contributed by atoms with Gasteiger partial charge < -0.3 is 20.7 Å². The lowest BCUT2D eigenvalue weighted by Gasteiger charge is -2.28. The summed E-state index contributed by atoms with van der Waals surface area (Å²) in [5, 5.41) is 17.3. The van der Waals surface area contributed by atoms with Crippen LogP contribution in [-0.4, -0.2) is 43.0 Å². The van der Waals surface area contributed by atoms with Crippen LogP contribution < -0.4 is 20.7 Å². The van der Waals surface area contributed by atoms with Crippen LogP contribution in [0.5, 0.6) is 5.75 Å². The van der Waals surface area contributed by atoms with Crippen molar-refractivity contribution in [3.8, 4) is 5.75 Å². The van der Waals surface area contributed by atoms with Gasteiger partial charge in [-0.15, -0.1) is 0 Å². The van der Waals surface area contributed by atoms with Gasteiger partial charge in [-0.05, 0) is 48.2 Å². The quantitative estimate of drug-likeness (QED) is 0.355. The van der Waals surface area contributed by atoms with Gasteiger partial charge in [0.05, 0.1) is 7.11 Å². The topological polar surface area (TPSA) is 107 Å². The molecule has 0 radical (unpaired) electrons. The summed E-state index contributed by atoms with van der Waals surface area (Å²) in [7, 11) is 1.59. The highest BCUT2D eigenvalue weighted by atomic mass is 16.5. The number of methoxy groups -OCH3 is 1. The van der Waals surface area contributed by atoms with E-state index in [0.717, 1.165) is 16.9 Å². The normalized spacial score (nSPS) is 14.4. The number of rotatable bonds is 9. The first-order chi connectivity index (χ1) is 17.0. The van der Waals surface area contributed by atoms with E-state index in [4.69, 9.17) is 10.1 Å². The molecule has 0 unspecified atom stereocenters. The Morgan fingerprint density at radius 2 is 1.54 bits per heavy atom. The maximum absolute atomic E-state index is 13.7. The predicted molar refractivity (Wildman–Crippen MR) is 135 cm³/mol. The van der Waals surface area contributed by atoms with Gasteiger partial charge in [-0.25, -0.2) is 4.79 Å². The number of unbranched alkanes of at least 4 members (excludes halogenated alkanes) is 1. The molecule has 3 aromatic carbocycles. The molecule has 1 fully saturated rings. The van der Waals surface area contributed by atoms with Crippen LogP contribution in [0.3, 0.4) is 0 Å². The summed E-state index contributed by atoms with van der Waals surface area (Å²) < 4.78 is 5.11. The molecule has 1 aliphatic rings. The third-order valence-corrected chi connectivity index (χ3v) is 6.00. The summed E-state index contributed by atoms with van der Waals surface area (Å²) >= 11 is 0. The number of ether oxygens (including phenoxy) is 1. The second kappa shape index (κ2) is 10.7. The van der Waals surface area contributed by atoms with E-state index in [0.29, 0.717) is 31.6 Å². The number of carbonyl (C=O) groups excluding carboxylic acids is 2. The highest BCUT2D eigenvalue weighted by Crippen LogP contribution is 2.35. The van der Waals surface area contributed by atoms with Crippen molar-refractivity contribution >= 4 is 23.6 Å². The van der Waals surface area contributed by atoms with Gasteiger partial charge in [0.25, 0.3) is 5.91 Å². The lowest BCUT2D eigenvalue weighted by atomic mass is 9.82. The molecule has 0 spiro atoms. The SMILES string of the molecule is COc1ccc(NC(=O)NCCCCN2C(=N)NC(c3ccccc3)(c3ccccc3)C2=O)cc1. The van der Waals surface area contributed by atoms with Crippen LogP contribution in [-0.2, 0) is 10.3 Å². The largest absolute Gasteiger partial charge is 0.497 e. The lowest BCUT2D eigenvalue weighted by molar-refractivity contribution is -0.130. The molecule has 3 amide bonds. The van der Waals surface area contributed by atoms with Crippen molar-refractivity contribution in [3.63, 3.8) is 0 Å². The van der Waals surface area contributed by atoms with Gasteiger partial charge in [-0.3, -0.25) is 15.1 Å². The van der Waals surface area contributed by atoms with Gasteiger partial charge in [-0.2, -0.15) is 0 Å². The Kier molecular flexibility index (Phi) is 7.30. The Morgan fingerprint density at radius 3 is 2.11 bits per heavy atom. The molecule has 0 atom stereocenters. The molecule has 35 heavy (non-hydrogen) atoms. The number of hydrogen-bond acceptors (Lipinski definition) is 4. The summed E-state index contributed by atoms with van der Waals surface area (Å²) in [6, 6.07) is 25.8. The number of hydrogen-bond donors (Lipinski definition) is 4. The predicted octanol–water partition coefficient (Wildman–Crippen LogP) is 3.91. The van der Waals surface area contributed by atoms with Gasteiger partial charge in [0, 0.05) is 18.8 Å². The lowest BCUT2D eigenvalue weighted by Crippen LogP contribution is -2.45. The molecule has 0 bridgehead atoms. The maximum Gasteiger partial charge on any atom is 0.319 e. The van der Waals surface area contributed by atoms with E-state index in [1.54, 1.807) is 31.4 Å². The van der Waals surface area contributed by atoms with Gasteiger partial charge in [0.2, 0.25) is 0 Å². The van der Waals surface area contributed by atoms with Crippen molar-refractivity contribution in [3.05, 3.63) is 96.1 Å². The minimum atomic E-state index is -1.13. The molecular formula is C27H29N5O3. The van der Waals surface area contributed by atoms with Crippen molar-refractivity contribution in [1.82, 2.24) is 15.5 Å². The minimum Gasteiger partial charge on any atom is -0.497 e. The number of guanidine groups is 1. The van der Waals surface area contributed by atoms with Crippen molar-refractivity contribution in [2.45, 2.75) is 18.4 Å². The zero-order chi connectivity index (χ0) is 24.7. The molecule has 0 saturated carbocycles. The Bertz CT molecular complexity index is 1130. The van der Waals surface area contributed by atoms with Gasteiger partial charge >= 0.3 is 6.03 Å². The van der Waals surface area contributed by atoms with Crippen LogP contribution >= 0.6 is 0 Å². The highest BCUT2D eigenvalue weighted by Gasteiger charge is 2.51. The average molecular weight is 472 g/mol. The first-order valence-electron chi connectivity index (χ1n) is 11.5. The molecule has 3 aromatic rings. The molecule has 1 aliphatic heterocycles. The van der Waals surface area contributed by atoms with Crippen LogP contribution in [0, 0.1) is 5.41 Å². The second-order valence-corrected chi connectivity index (χ2v) is 8.23. The Morgan fingerprint density at radius 1 is 0.943 bits per heavy atom. The first-order valence-corrected chi connectivity index (χ1v) is 11.5. The fourth-order valence-corrected chi connectivity index (χ4v) is 4.20. The van der Waals surface area contributed by atoms with Gasteiger partial charge in [-0.1, -0.05) is 60.7 Å². The van der Waals surface area contributed by atoms with Gasteiger partial charge in [0.1, 0.15) is 5.75 Å². The van der Waals surface area contributed by atoms with Crippen LogP contribution in [0.2, 0.25) is 0 Å². The molecule has 0 aliphatic carbocycles. The smallest absolute Gasteiger partial charge is 0.319 e. The third kappa shape index (κ3) is 5.11. The van der Waals surface area contributed by atoms with E-state index in [1.165, 1.54) is 4.90 Å². The first kappa shape index (κ1) is 23.8. The van der Waals surface area contributed by atoms with Gasteiger partial charge in [0.15, 0.2) is 11.5 Å². The molecule has 1 heterocycles. The summed E-state index contributed by atoms with van der Waals surface area (Å²) in [6.07, 6.45) is 1.30. The van der Waals surface area contributed by atoms with E-state index in [9.17, 15) is 9.59 Å². The monoisotopic (exact) mass is 471 g/mol. The number of nitrogens with one attached hydrogen (secondary N) is 4. The molecule has 8 heteroatoms.